The second-order valence-electron chi connectivity index (χ2n) is 9.62. The Morgan fingerprint density at radius 1 is 1.14 bits per heavy atom. The number of nitrogens with one attached hydrogen (secondary N) is 1. The number of β-amino-alcohol motifs (C(OH)–C–C–N with tert-alkyl or cyclic N) is 1. The molecule has 0 spiro atoms. The van der Waals surface area contributed by atoms with Gasteiger partial charge in [-0.05, 0) is 63.6 Å². The van der Waals surface area contributed by atoms with E-state index in [1.54, 1.807) is 6.07 Å². The van der Waals surface area contributed by atoms with E-state index in [1.807, 2.05) is 51.1 Å². The molecule has 0 aliphatic carbocycles. The summed E-state index contributed by atoms with van der Waals surface area (Å²) in [6.45, 7) is 9.84. The molecule has 1 saturated heterocycles. The molecule has 4 rings (SSSR count). The van der Waals surface area contributed by atoms with Crippen molar-refractivity contribution in [1.29, 1.82) is 0 Å². The number of carbonyl (C=O) groups is 1. The number of aryl methyl sites for hydroxylation is 1. The Bertz CT molecular complexity index is 1310. The molecule has 2 heterocycles. The van der Waals surface area contributed by atoms with Crippen LogP contribution in [0.15, 0.2) is 41.2 Å². The van der Waals surface area contributed by atoms with Gasteiger partial charge in [-0.1, -0.05) is 23.7 Å². The van der Waals surface area contributed by atoms with Crippen molar-refractivity contribution in [1.82, 2.24) is 19.8 Å². The van der Waals surface area contributed by atoms with Gasteiger partial charge in [-0.2, -0.15) is 0 Å². The quantitative estimate of drug-likeness (QED) is 0.506. The van der Waals surface area contributed by atoms with Gasteiger partial charge in [0.1, 0.15) is 12.4 Å². The number of rotatable bonds is 7. The van der Waals surface area contributed by atoms with Crippen molar-refractivity contribution in [2.24, 2.45) is 0 Å². The van der Waals surface area contributed by atoms with Gasteiger partial charge >= 0.3 is 0 Å². The average Bonchev–Trinajstić information content (AvgIpc) is 3.08. The van der Waals surface area contributed by atoms with Crippen molar-refractivity contribution in [2.45, 2.75) is 39.8 Å². The van der Waals surface area contributed by atoms with Crippen LogP contribution >= 0.6 is 11.6 Å². The third-order valence-electron chi connectivity index (χ3n) is 6.49. The number of carbonyl (C=O) groups excluding carboxylic acids is 1. The largest absolute Gasteiger partial charge is 0.395 e. The first-order chi connectivity index (χ1) is 17.3. The molecule has 3 aromatic rings. The molecule has 1 fully saturated rings. The summed E-state index contributed by atoms with van der Waals surface area (Å²) in [4.78, 5) is 35.8. The van der Waals surface area contributed by atoms with Gasteiger partial charge in [-0.3, -0.25) is 19.1 Å². The van der Waals surface area contributed by atoms with E-state index in [-0.39, 0.29) is 30.7 Å². The van der Waals surface area contributed by atoms with Crippen LogP contribution in [0.2, 0.25) is 5.02 Å². The molecule has 8 nitrogen and oxygen atoms in total. The fourth-order valence-corrected chi connectivity index (χ4v) is 4.79. The summed E-state index contributed by atoms with van der Waals surface area (Å²) < 4.78 is 1.44. The first-order valence-electron chi connectivity index (χ1n) is 12.5. The van der Waals surface area contributed by atoms with Crippen molar-refractivity contribution < 1.29 is 9.90 Å². The third-order valence-corrected chi connectivity index (χ3v) is 6.90. The number of anilines is 1. The number of benzene rings is 2. The molecule has 36 heavy (non-hydrogen) atoms. The van der Waals surface area contributed by atoms with Crippen LogP contribution < -0.4 is 15.8 Å². The standard InChI is InChI=1S/C27H34ClN5O3/c1-18(2)29-25(35)17-33-26(20-6-5-19(3)23(28)15-20)30-24-8-7-21(16-22(24)27(33)36)32-10-4-9-31(11-12-32)13-14-34/h5-8,15-16,18,34H,4,9-14,17H2,1-3H3,(H,29,35). The average molecular weight is 512 g/mol. The van der Waals surface area contributed by atoms with Crippen LogP contribution in [0.1, 0.15) is 25.8 Å². The molecule has 9 heteroatoms. The molecule has 0 saturated carbocycles. The summed E-state index contributed by atoms with van der Waals surface area (Å²) in [5.74, 6) is 0.163. The molecule has 192 valence electrons. The molecule has 2 N–H and O–H groups in total. The number of halogens is 1. The second kappa shape index (κ2) is 11.4. The van der Waals surface area contributed by atoms with Crippen LogP contribution in [0.4, 0.5) is 5.69 Å². The van der Waals surface area contributed by atoms with Crippen LogP contribution in [-0.2, 0) is 11.3 Å². The first kappa shape index (κ1) is 26.1. The lowest BCUT2D eigenvalue weighted by molar-refractivity contribution is -0.122. The van der Waals surface area contributed by atoms with E-state index in [2.05, 4.69) is 15.1 Å². The van der Waals surface area contributed by atoms with Gasteiger partial charge < -0.3 is 15.3 Å². The summed E-state index contributed by atoms with van der Waals surface area (Å²) in [6.07, 6.45) is 0.975. The van der Waals surface area contributed by atoms with Crippen LogP contribution in [0.3, 0.4) is 0 Å². The lowest BCUT2D eigenvalue weighted by Crippen LogP contribution is -2.37. The van der Waals surface area contributed by atoms with E-state index < -0.39 is 0 Å². The van der Waals surface area contributed by atoms with Crippen molar-refractivity contribution in [3.63, 3.8) is 0 Å². The van der Waals surface area contributed by atoms with Gasteiger partial charge in [0, 0.05) is 48.5 Å². The van der Waals surface area contributed by atoms with E-state index in [4.69, 9.17) is 16.6 Å². The van der Waals surface area contributed by atoms with Gasteiger partial charge in [0.2, 0.25) is 5.91 Å². The highest BCUT2D eigenvalue weighted by Crippen LogP contribution is 2.26. The number of fused-ring (bicyclic) bond motifs is 1. The Balaban J connectivity index is 1.77. The minimum atomic E-state index is -0.260. The minimum absolute atomic E-state index is 0.0427. The summed E-state index contributed by atoms with van der Waals surface area (Å²) >= 11 is 6.38. The van der Waals surface area contributed by atoms with Crippen LogP contribution in [0.25, 0.3) is 22.3 Å². The van der Waals surface area contributed by atoms with Gasteiger partial charge in [0.15, 0.2) is 0 Å². The van der Waals surface area contributed by atoms with Crippen molar-refractivity contribution >= 4 is 34.1 Å². The summed E-state index contributed by atoms with van der Waals surface area (Å²) in [7, 11) is 0. The van der Waals surface area contributed by atoms with Gasteiger partial charge in [0.25, 0.3) is 5.56 Å². The maximum Gasteiger partial charge on any atom is 0.262 e. The zero-order valence-electron chi connectivity index (χ0n) is 21.1. The number of amides is 1. The Kier molecular flexibility index (Phi) is 8.28. The predicted octanol–water partition coefficient (Wildman–Crippen LogP) is 3.05. The lowest BCUT2D eigenvalue weighted by atomic mass is 10.1. The van der Waals surface area contributed by atoms with Crippen molar-refractivity contribution in [3.05, 3.63) is 57.3 Å². The topological polar surface area (TPSA) is 90.7 Å². The molecular weight excluding hydrogens is 478 g/mol. The number of hydrogen-bond acceptors (Lipinski definition) is 6. The van der Waals surface area contributed by atoms with Crippen molar-refractivity contribution in [3.8, 4) is 11.4 Å². The number of hydrogen-bond donors (Lipinski definition) is 2. The normalized spacial score (nSPS) is 14.9. The fourth-order valence-electron chi connectivity index (χ4n) is 4.61. The third kappa shape index (κ3) is 5.88. The summed E-state index contributed by atoms with van der Waals surface area (Å²) in [6, 6.07) is 11.3. The Morgan fingerprint density at radius 3 is 2.67 bits per heavy atom. The van der Waals surface area contributed by atoms with Gasteiger partial charge in [0.05, 0.1) is 17.5 Å². The molecule has 0 atom stereocenters. The van der Waals surface area contributed by atoms with Crippen LogP contribution in [0.5, 0.6) is 0 Å². The summed E-state index contributed by atoms with van der Waals surface area (Å²) in [5.41, 5.74) is 2.88. The molecule has 2 aromatic carbocycles. The number of aliphatic hydroxyl groups is 1. The summed E-state index contributed by atoms with van der Waals surface area (Å²) in [5, 5.41) is 13.2. The molecule has 1 aromatic heterocycles. The monoisotopic (exact) mass is 511 g/mol. The highest BCUT2D eigenvalue weighted by molar-refractivity contribution is 6.31. The van der Waals surface area contributed by atoms with Gasteiger partial charge in [-0.15, -0.1) is 0 Å². The highest BCUT2D eigenvalue weighted by atomic mass is 35.5. The van der Waals surface area contributed by atoms with E-state index >= 15 is 0 Å². The maximum absolute atomic E-state index is 13.8. The van der Waals surface area contributed by atoms with Crippen LogP contribution in [-0.4, -0.2) is 70.8 Å². The van der Waals surface area contributed by atoms with E-state index in [1.165, 1.54) is 4.57 Å². The van der Waals surface area contributed by atoms with Crippen molar-refractivity contribution in [2.75, 3.05) is 44.2 Å². The first-order valence-corrected chi connectivity index (χ1v) is 12.8. The fraction of sp³-hybridized carbons (Fsp3) is 0.444. The van der Waals surface area contributed by atoms with Crippen LogP contribution in [0, 0.1) is 6.92 Å². The predicted molar refractivity (Wildman–Crippen MR) is 145 cm³/mol. The smallest absolute Gasteiger partial charge is 0.262 e. The minimum Gasteiger partial charge on any atom is -0.395 e. The van der Waals surface area contributed by atoms with E-state index in [0.29, 0.717) is 33.9 Å². The zero-order valence-corrected chi connectivity index (χ0v) is 21.9. The molecular formula is C27H34ClN5O3. The van der Waals surface area contributed by atoms with E-state index in [9.17, 15) is 14.7 Å². The number of aromatic nitrogens is 2. The zero-order chi connectivity index (χ0) is 25.8. The van der Waals surface area contributed by atoms with Gasteiger partial charge in [-0.25, -0.2) is 4.98 Å². The van der Waals surface area contributed by atoms with E-state index in [0.717, 1.165) is 43.9 Å². The Morgan fingerprint density at radius 2 is 1.94 bits per heavy atom. The molecule has 0 radical (unpaired) electrons. The Hall–Kier alpha value is -2.94. The SMILES string of the molecule is Cc1ccc(-c2nc3ccc(N4CCCN(CCO)CC4)cc3c(=O)n2CC(=O)NC(C)C)cc1Cl. The molecule has 1 aliphatic rings. The highest BCUT2D eigenvalue weighted by Gasteiger charge is 2.19. The second-order valence-corrected chi connectivity index (χ2v) is 10.0. The maximum atomic E-state index is 13.8. The number of nitrogens with zero attached hydrogens (tertiary/aromatic N) is 4. The molecule has 1 aliphatic heterocycles. The molecule has 0 unspecified atom stereocenters. The lowest BCUT2D eigenvalue weighted by Gasteiger charge is -2.24. The number of aliphatic hydroxyl groups excluding tert-OH is 1. The molecule has 0 bridgehead atoms. The Labute approximate surface area is 216 Å². The molecule has 1 amide bonds.